The lowest BCUT2D eigenvalue weighted by molar-refractivity contribution is -0.119. The monoisotopic (exact) mass is 640 g/mol. The lowest BCUT2D eigenvalue weighted by Crippen LogP contribution is -2.35. The Kier molecular flexibility index (Phi) is 9.18. The van der Waals surface area contributed by atoms with Crippen LogP contribution >= 0.6 is 22.9 Å². The van der Waals surface area contributed by atoms with Crippen molar-refractivity contribution < 1.29 is 19.1 Å². The Hall–Kier alpha value is -4.60. The van der Waals surface area contributed by atoms with Crippen LogP contribution < -0.4 is 14.4 Å². The van der Waals surface area contributed by atoms with Gasteiger partial charge in [0.05, 0.1) is 47.9 Å². The van der Waals surface area contributed by atoms with Crippen LogP contribution in [0.2, 0.25) is 4.34 Å². The molecule has 8 nitrogen and oxygen atoms in total. The molecule has 1 aliphatic heterocycles. The van der Waals surface area contributed by atoms with E-state index in [1.807, 2.05) is 88.6 Å². The van der Waals surface area contributed by atoms with Crippen molar-refractivity contribution in [2.75, 3.05) is 25.7 Å². The fourth-order valence-corrected chi connectivity index (χ4v) is 6.55. The molecule has 45 heavy (non-hydrogen) atoms. The van der Waals surface area contributed by atoms with Gasteiger partial charge < -0.3 is 19.3 Å². The van der Waals surface area contributed by atoms with Crippen molar-refractivity contribution in [3.8, 4) is 28.4 Å². The van der Waals surface area contributed by atoms with E-state index in [9.17, 15) is 9.59 Å². The number of ether oxygens (including phenoxy) is 2. The van der Waals surface area contributed by atoms with Crippen molar-refractivity contribution in [2.45, 2.75) is 32.4 Å². The molecule has 5 aromatic rings. The molecule has 0 aliphatic carbocycles. The summed E-state index contributed by atoms with van der Waals surface area (Å²) in [5, 5.41) is 5.00. The molecule has 1 saturated heterocycles. The Bertz CT molecular complexity index is 1800. The van der Waals surface area contributed by atoms with Crippen molar-refractivity contribution in [3.63, 3.8) is 0 Å². The second-order valence-corrected chi connectivity index (χ2v) is 12.5. The Morgan fingerprint density at radius 2 is 1.67 bits per heavy atom. The quantitative estimate of drug-likeness (QED) is 0.157. The van der Waals surface area contributed by atoms with Gasteiger partial charge in [-0.2, -0.15) is 5.10 Å². The molecule has 0 unspecified atom stereocenters. The minimum atomic E-state index is -0.146. The maximum absolute atomic E-state index is 14.0. The van der Waals surface area contributed by atoms with Crippen LogP contribution in [0.25, 0.3) is 16.9 Å². The zero-order chi connectivity index (χ0) is 31.3. The molecule has 0 saturated carbocycles. The van der Waals surface area contributed by atoms with E-state index in [4.69, 9.17) is 26.2 Å². The summed E-state index contributed by atoms with van der Waals surface area (Å²) in [7, 11) is 3.21. The van der Waals surface area contributed by atoms with Gasteiger partial charge in [-0.1, -0.05) is 41.9 Å². The minimum absolute atomic E-state index is 0.146. The van der Waals surface area contributed by atoms with E-state index in [0.29, 0.717) is 33.7 Å². The Morgan fingerprint density at radius 3 is 2.36 bits per heavy atom. The van der Waals surface area contributed by atoms with Crippen molar-refractivity contribution in [3.05, 3.63) is 111 Å². The number of hydrogen-bond donors (Lipinski definition) is 0. The van der Waals surface area contributed by atoms with Crippen LogP contribution in [0.1, 0.15) is 40.1 Å². The summed E-state index contributed by atoms with van der Waals surface area (Å²) in [4.78, 5) is 30.6. The third kappa shape index (κ3) is 6.74. The number of methoxy groups -OCH3 is 2. The van der Waals surface area contributed by atoms with Crippen LogP contribution in [-0.2, 0) is 17.9 Å². The summed E-state index contributed by atoms with van der Waals surface area (Å²) in [6.45, 7) is 1.31. The number of piperidine rings is 1. The van der Waals surface area contributed by atoms with E-state index in [-0.39, 0.29) is 18.4 Å². The van der Waals surface area contributed by atoms with Gasteiger partial charge in [0, 0.05) is 47.6 Å². The SMILES string of the molecule is COc1ccc(CN(Cc2cn(-c3ccc(N4CCCCC4=O)cc3)nc2-c2ccccc2)C(=O)c2ccc(Cl)s2)c(OC)c1. The van der Waals surface area contributed by atoms with Gasteiger partial charge in [-0.3, -0.25) is 9.59 Å². The van der Waals surface area contributed by atoms with Gasteiger partial charge in [0.1, 0.15) is 11.5 Å². The van der Waals surface area contributed by atoms with Crippen LogP contribution in [0.3, 0.4) is 0 Å². The van der Waals surface area contributed by atoms with Crippen molar-refractivity contribution in [2.24, 2.45) is 0 Å². The molecule has 0 radical (unpaired) electrons. The van der Waals surface area contributed by atoms with Crippen LogP contribution in [-0.4, -0.2) is 47.3 Å². The predicted molar refractivity (Wildman–Crippen MR) is 178 cm³/mol. The van der Waals surface area contributed by atoms with Crippen LogP contribution in [0.15, 0.2) is 91.1 Å². The van der Waals surface area contributed by atoms with Crippen LogP contribution in [0.4, 0.5) is 5.69 Å². The van der Waals surface area contributed by atoms with Gasteiger partial charge in [-0.25, -0.2) is 4.68 Å². The highest BCUT2D eigenvalue weighted by molar-refractivity contribution is 7.17. The number of halogens is 1. The summed E-state index contributed by atoms with van der Waals surface area (Å²) < 4.78 is 13.4. The molecule has 2 amide bonds. The first-order valence-electron chi connectivity index (χ1n) is 14.7. The minimum Gasteiger partial charge on any atom is -0.497 e. The van der Waals surface area contributed by atoms with Gasteiger partial charge in [-0.05, 0) is 61.4 Å². The van der Waals surface area contributed by atoms with Crippen LogP contribution in [0, 0.1) is 0 Å². The zero-order valence-electron chi connectivity index (χ0n) is 25.1. The van der Waals surface area contributed by atoms with E-state index in [1.54, 1.807) is 31.3 Å². The fourth-order valence-electron chi connectivity index (χ4n) is 5.54. The number of rotatable bonds is 10. The normalized spacial score (nSPS) is 13.1. The molecule has 3 aromatic carbocycles. The highest BCUT2D eigenvalue weighted by atomic mass is 35.5. The largest absolute Gasteiger partial charge is 0.497 e. The standard InChI is InChI=1S/C35H33ClN4O4S/c1-43-29-16-11-25(30(20-29)44-2)21-38(35(42)31-17-18-32(36)45-31)22-26-23-40(37-34(26)24-8-4-3-5-9-24)28-14-12-27(13-15-28)39-19-7-6-10-33(39)41/h3-5,8-9,11-18,20,23H,6-7,10,19,21-22H2,1-2H3. The third-order valence-electron chi connectivity index (χ3n) is 7.87. The number of carbonyl (C=O) groups is 2. The number of nitrogens with zero attached hydrogens (tertiary/aromatic N) is 4. The topological polar surface area (TPSA) is 76.9 Å². The number of benzene rings is 3. The van der Waals surface area contributed by atoms with E-state index < -0.39 is 0 Å². The van der Waals surface area contributed by atoms with Gasteiger partial charge in [-0.15, -0.1) is 11.3 Å². The molecular weight excluding hydrogens is 608 g/mol. The summed E-state index contributed by atoms with van der Waals surface area (Å²) in [6, 6.07) is 26.9. The number of carbonyl (C=O) groups excluding carboxylic acids is 2. The average Bonchev–Trinajstić information content (AvgIpc) is 3.71. The molecule has 230 valence electrons. The first kappa shape index (κ1) is 30.4. The number of aromatic nitrogens is 2. The third-order valence-corrected chi connectivity index (χ3v) is 9.09. The molecule has 3 heterocycles. The predicted octanol–water partition coefficient (Wildman–Crippen LogP) is 7.63. The molecular formula is C35H33ClN4O4S. The van der Waals surface area contributed by atoms with E-state index >= 15 is 0 Å². The van der Waals surface area contributed by atoms with Crippen LogP contribution in [0.5, 0.6) is 11.5 Å². The van der Waals surface area contributed by atoms with E-state index in [1.165, 1.54) is 11.3 Å². The summed E-state index contributed by atoms with van der Waals surface area (Å²) in [5.41, 5.74) is 5.17. The molecule has 6 rings (SSSR count). The number of hydrogen-bond acceptors (Lipinski definition) is 6. The lowest BCUT2D eigenvalue weighted by atomic mass is 10.1. The smallest absolute Gasteiger partial charge is 0.264 e. The number of thiophene rings is 1. The van der Waals surface area contributed by atoms with Gasteiger partial charge in [0.2, 0.25) is 5.91 Å². The maximum atomic E-state index is 14.0. The fraction of sp³-hybridized carbons (Fsp3) is 0.229. The van der Waals surface area contributed by atoms with Crippen molar-refractivity contribution in [1.82, 2.24) is 14.7 Å². The van der Waals surface area contributed by atoms with Gasteiger partial charge >= 0.3 is 0 Å². The molecule has 0 spiro atoms. The highest BCUT2D eigenvalue weighted by Crippen LogP contribution is 2.31. The molecule has 0 N–H and O–H groups in total. The zero-order valence-corrected chi connectivity index (χ0v) is 26.7. The summed E-state index contributed by atoms with van der Waals surface area (Å²) in [5.74, 6) is 1.31. The molecule has 10 heteroatoms. The molecule has 1 aliphatic rings. The first-order valence-corrected chi connectivity index (χ1v) is 15.9. The van der Waals surface area contributed by atoms with E-state index in [0.717, 1.165) is 53.1 Å². The highest BCUT2D eigenvalue weighted by Gasteiger charge is 2.24. The Balaban J connectivity index is 1.37. The Labute approximate surface area is 271 Å². The van der Waals surface area contributed by atoms with Crippen molar-refractivity contribution in [1.29, 1.82) is 0 Å². The summed E-state index contributed by atoms with van der Waals surface area (Å²) >= 11 is 7.49. The molecule has 2 aromatic heterocycles. The average molecular weight is 641 g/mol. The molecule has 0 atom stereocenters. The number of amides is 2. The maximum Gasteiger partial charge on any atom is 0.264 e. The van der Waals surface area contributed by atoms with E-state index in [2.05, 4.69) is 0 Å². The molecule has 1 fully saturated rings. The van der Waals surface area contributed by atoms with Gasteiger partial charge in [0.25, 0.3) is 5.91 Å². The first-order chi connectivity index (χ1) is 21.9. The lowest BCUT2D eigenvalue weighted by Gasteiger charge is -2.26. The van der Waals surface area contributed by atoms with Crippen molar-refractivity contribution >= 4 is 40.4 Å². The van der Waals surface area contributed by atoms with Gasteiger partial charge in [0.15, 0.2) is 0 Å². The second kappa shape index (κ2) is 13.6. The summed E-state index contributed by atoms with van der Waals surface area (Å²) in [6.07, 6.45) is 4.50. The number of anilines is 1. The second-order valence-electron chi connectivity index (χ2n) is 10.8. The molecule has 0 bridgehead atoms. The Morgan fingerprint density at radius 1 is 0.911 bits per heavy atom.